The van der Waals surface area contributed by atoms with Crippen LogP contribution in [0.1, 0.15) is 26.5 Å². The third-order valence-electron chi connectivity index (χ3n) is 2.49. The first-order valence-electron chi connectivity index (χ1n) is 5.41. The fourth-order valence-corrected chi connectivity index (χ4v) is 2.40. The maximum Gasteiger partial charge on any atom is 0.265 e. The number of aryl methyl sites for hydroxylation is 1. The molecule has 0 aliphatic heterocycles. The molecule has 1 amide bonds. The molecule has 1 aromatic carbocycles. The Morgan fingerprint density at radius 2 is 2.00 bits per heavy atom. The van der Waals surface area contributed by atoms with E-state index >= 15 is 0 Å². The van der Waals surface area contributed by atoms with E-state index in [9.17, 15) is 4.79 Å². The van der Waals surface area contributed by atoms with Crippen LogP contribution < -0.4 is 5.32 Å². The minimum Gasteiger partial charge on any atom is -0.347 e. The lowest BCUT2D eigenvalue weighted by Crippen LogP contribution is -2.22. The normalized spacial score (nSPS) is 10.3. The molecule has 18 heavy (non-hydrogen) atoms. The summed E-state index contributed by atoms with van der Waals surface area (Å²) in [5.74, 6) is -0.118. The van der Waals surface area contributed by atoms with Gasteiger partial charge in [-0.2, -0.15) is 0 Å². The molecule has 0 atom stereocenters. The Bertz CT molecular complexity index is 539. The van der Waals surface area contributed by atoms with Crippen molar-refractivity contribution in [3.63, 3.8) is 0 Å². The van der Waals surface area contributed by atoms with Crippen molar-refractivity contribution in [1.29, 1.82) is 0 Å². The summed E-state index contributed by atoms with van der Waals surface area (Å²) in [5, 5.41) is 7.52. The summed E-state index contributed by atoms with van der Waals surface area (Å²) >= 11 is 4.52. The van der Waals surface area contributed by atoms with Crippen molar-refractivity contribution in [3.8, 4) is 0 Å². The van der Waals surface area contributed by atoms with E-state index in [-0.39, 0.29) is 5.91 Å². The molecule has 0 aliphatic carbocycles. The molecule has 0 unspecified atom stereocenters. The number of rotatable bonds is 4. The summed E-state index contributed by atoms with van der Waals surface area (Å²) < 4.78 is 3.75. The van der Waals surface area contributed by atoms with Gasteiger partial charge in [0.1, 0.15) is 4.88 Å². The lowest BCUT2D eigenvalue weighted by Gasteiger charge is -2.04. The molecule has 2 aromatic rings. The molecule has 2 rings (SSSR count). The van der Waals surface area contributed by atoms with Gasteiger partial charge in [0.15, 0.2) is 0 Å². The minimum atomic E-state index is -0.118. The maximum atomic E-state index is 11.8. The molecule has 1 aromatic heterocycles. The highest BCUT2D eigenvalue weighted by Crippen LogP contribution is 2.10. The van der Waals surface area contributed by atoms with Crippen LogP contribution in [0.15, 0.2) is 24.3 Å². The number of halogens is 1. The van der Waals surface area contributed by atoms with Gasteiger partial charge in [-0.15, -0.1) is 5.10 Å². The van der Waals surface area contributed by atoms with Crippen molar-refractivity contribution in [2.24, 2.45) is 0 Å². The van der Waals surface area contributed by atoms with Crippen LogP contribution in [0.3, 0.4) is 0 Å². The molecule has 0 radical (unpaired) electrons. The molecule has 6 heteroatoms. The van der Waals surface area contributed by atoms with Gasteiger partial charge in [0, 0.05) is 11.9 Å². The average Bonchev–Trinajstić information content (AvgIpc) is 2.83. The fourth-order valence-electron chi connectivity index (χ4n) is 1.45. The van der Waals surface area contributed by atoms with Crippen molar-refractivity contribution in [2.75, 3.05) is 0 Å². The first kappa shape index (κ1) is 13.2. The number of carbonyl (C=O) groups excluding carboxylic acids is 1. The third kappa shape index (κ3) is 3.14. The van der Waals surface area contributed by atoms with E-state index in [0.717, 1.165) is 22.4 Å². The number of benzene rings is 1. The zero-order valence-electron chi connectivity index (χ0n) is 9.81. The average molecular weight is 326 g/mol. The Balaban J connectivity index is 1.95. The van der Waals surface area contributed by atoms with Crippen LogP contribution in [-0.4, -0.2) is 15.5 Å². The van der Waals surface area contributed by atoms with Crippen LogP contribution in [0.25, 0.3) is 0 Å². The number of alkyl halides is 1. The van der Waals surface area contributed by atoms with Crippen LogP contribution in [0, 0.1) is 6.92 Å². The monoisotopic (exact) mass is 325 g/mol. The lowest BCUT2D eigenvalue weighted by atomic mass is 10.1. The van der Waals surface area contributed by atoms with Gasteiger partial charge in [0.05, 0.1) is 5.69 Å². The largest absolute Gasteiger partial charge is 0.347 e. The van der Waals surface area contributed by atoms with Crippen molar-refractivity contribution < 1.29 is 4.79 Å². The van der Waals surface area contributed by atoms with Crippen molar-refractivity contribution in [2.45, 2.75) is 18.8 Å². The number of hydrogen-bond acceptors (Lipinski definition) is 4. The van der Waals surface area contributed by atoms with E-state index in [4.69, 9.17) is 0 Å². The van der Waals surface area contributed by atoms with E-state index in [2.05, 4.69) is 30.8 Å². The predicted octanol–water partition coefficient (Wildman–Crippen LogP) is 2.67. The Morgan fingerprint density at radius 1 is 1.33 bits per heavy atom. The molecular formula is C12H12BrN3OS. The number of amides is 1. The molecule has 0 saturated heterocycles. The van der Waals surface area contributed by atoms with Gasteiger partial charge < -0.3 is 5.32 Å². The summed E-state index contributed by atoms with van der Waals surface area (Å²) in [5.41, 5.74) is 2.96. The Morgan fingerprint density at radius 3 is 2.56 bits per heavy atom. The second-order valence-electron chi connectivity index (χ2n) is 3.82. The van der Waals surface area contributed by atoms with E-state index < -0.39 is 0 Å². The predicted molar refractivity (Wildman–Crippen MR) is 74.9 cm³/mol. The highest BCUT2D eigenvalue weighted by Gasteiger charge is 2.12. The Labute approximate surface area is 118 Å². The van der Waals surface area contributed by atoms with Gasteiger partial charge in [-0.1, -0.05) is 44.7 Å². The van der Waals surface area contributed by atoms with E-state index in [0.29, 0.717) is 17.1 Å². The Kier molecular flexibility index (Phi) is 4.43. The lowest BCUT2D eigenvalue weighted by molar-refractivity contribution is 0.0954. The molecule has 94 valence electrons. The number of nitrogens with one attached hydrogen (secondary N) is 1. The second kappa shape index (κ2) is 6.06. The SMILES string of the molecule is Cc1nnsc1C(=O)NCc1ccc(CBr)cc1. The van der Waals surface area contributed by atoms with Crippen molar-refractivity contribution in [3.05, 3.63) is 46.0 Å². The first-order chi connectivity index (χ1) is 8.70. The second-order valence-corrected chi connectivity index (χ2v) is 5.14. The van der Waals surface area contributed by atoms with E-state index in [1.54, 1.807) is 6.92 Å². The molecular weight excluding hydrogens is 314 g/mol. The Hall–Kier alpha value is -1.27. The number of hydrogen-bond donors (Lipinski definition) is 1. The van der Waals surface area contributed by atoms with Crippen LogP contribution in [0.5, 0.6) is 0 Å². The number of aromatic nitrogens is 2. The molecule has 0 spiro atoms. The van der Waals surface area contributed by atoms with Gasteiger partial charge in [0.25, 0.3) is 5.91 Å². The molecule has 4 nitrogen and oxygen atoms in total. The zero-order chi connectivity index (χ0) is 13.0. The summed E-state index contributed by atoms with van der Waals surface area (Å²) in [7, 11) is 0. The molecule has 0 bridgehead atoms. The molecule has 0 saturated carbocycles. The highest BCUT2D eigenvalue weighted by molar-refractivity contribution is 9.08. The first-order valence-corrected chi connectivity index (χ1v) is 7.31. The number of nitrogens with zero attached hydrogens (tertiary/aromatic N) is 2. The number of carbonyl (C=O) groups is 1. The van der Waals surface area contributed by atoms with Gasteiger partial charge in [0.2, 0.25) is 0 Å². The zero-order valence-corrected chi connectivity index (χ0v) is 12.2. The van der Waals surface area contributed by atoms with Crippen molar-refractivity contribution in [1.82, 2.24) is 14.9 Å². The summed E-state index contributed by atoms with van der Waals surface area (Å²) in [6.45, 7) is 2.29. The summed E-state index contributed by atoms with van der Waals surface area (Å²) in [4.78, 5) is 12.4. The summed E-state index contributed by atoms with van der Waals surface area (Å²) in [6, 6.07) is 8.09. The molecule has 1 heterocycles. The highest BCUT2D eigenvalue weighted by atomic mass is 79.9. The standard InChI is InChI=1S/C12H12BrN3OS/c1-8-11(18-16-15-8)12(17)14-7-10-4-2-9(6-13)3-5-10/h2-5H,6-7H2,1H3,(H,14,17). The topological polar surface area (TPSA) is 54.9 Å². The van der Waals surface area contributed by atoms with Crippen LogP contribution in [0.4, 0.5) is 0 Å². The van der Waals surface area contributed by atoms with Gasteiger partial charge in [-0.25, -0.2) is 0 Å². The van der Waals surface area contributed by atoms with Gasteiger partial charge >= 0.3 is 0 Å². The van der Waals surface area contributed by atoms with Gasteiger partial charge in [-0.3, -0.25) is 4.79 Å². The summed E-state index contributed by atoms with van der Waals surface area (Å²) in [6.07, 6.45) is 0. The van der Waals surface area contributed by atoms with Gasteiger partial charge in [-0.05, 0) is 29.6 Å². The third-order valence-corrected chi connectivity index (χ3v) is 3.96. The van der Waals surface area contributed by atoms with E-state index in [1.165, 1.54) is 5.56 Å². The van der Waals surface area contributed by atoms with Crippen LogP contribution >= 0.6 is 27.5 Å². The minimum absolute atomic E-state index is 0.118. The van der Waals surface area contributed by atoms with Crippen molar-refractivity contribution >= 4 is 33.4 Å². The molecule has 0 aliphatic rings. The smallest absolute Gasteiger partial charge is 0.265 e. The van der Waals surface area contributed by atoms with Crippen LogP contribution in [-0.2, 0) is 11.9 Å². The van der Waals surface area contributed by atoms with E-state index in [1.807, 2.05) is 24.3 Å². The van der Waals surface area contributed by atoms with Crippen LogP contribution in [0.2, 0.25) is 0 Å². The molecule has 1 N–H and O–H groups in total. The maximum absolute atomic E-state index is 11.8. The fraction of sp³-hybridized carbons (Fsp3) is 0.250. The molecule has 0 fully saturated rings. The quantitative estimate of drug-likeness (QED) is 0.879.